The molecule has 20 heteroatoms. The van der Waals surface area contributed by atoms with E-state index in [1.165, 1.54) is 73.4 Å². The molecule has 0 atom stereocenters. The molecule has 100 heavy (non-hydrogen) atoms. The Hall–Kier alpha value is -11.1. The van der Waals surface area contributed by atoms with Crippen LogP contribution in [0.15, 0.2) is 312 Å². The minimum atomic E-state index is -0.0633. The van der Waals surface area contributed by atoms with Crippen molar-refractivity contribution in [3.63, 3.8) is 0 Å². The second kappa shape index (κ2) is 42.6. The molecular formula is C80H60Co4N8O8. The molecule has 16 nitrogen and oxygen atoms in total. The zero-order valence-electron chi connectivity index (χ0n) is 53.0. The number of para-hydroxylation sites is 8. The van der Waals surface area contributed by atoms with E-state index in [1.807, 2.05) is 24.3 Å². The monoisotopic (exact) mass is 1500 g/mol. The molecule has 14 rings (SSSR count). The standard InChI is InChI=1S/4C14H13NO2.2C12H8N2.4Co/c4*16-13-7-3-1-5-11(13)9-15-10-12-6-2-4-8-14(12)17;2*1-3-9-5-6-10-4-2-8-14-12(10)11(9)13-7-1;;;;/h4*1-9,16-17H,10H2;2*1-8H;;;;/q;;;;;;4*+2/p-8. The van der Waals surface area contributed by atoms with E-state index >= 15 is 0 Å². The van der Waals surface area contributed by atoms with Crippen LogP contribution in [0.2, 0.25) is 0 Å². The first-order chi connectivity index (χ1) is 47.0. The van der Waals surface area contributed by atoms with Gasteiger partial charge in [-0.25, -0.2) is 0 Å². The predicted molar refractivity (Wildman–Crippen MR) is 366 cm³/mol. The summed E-state index contributed by atoms with van der Waals surface area (Å²) in [6.45, 7) is 1.20. The van der Waals surface area contributed by atoms with Crippen molar-refractivity contribution in [2.24, 2.45) is 20.0 Å². The summed E-state index contributed by atoms with van der Waals surface area (Å²) in [7, 11) is 0. The maximum absolute atomic E-state index is 11.4. The Labute approximate surface area is 620 Å². The van der Waals surface area contributed by atoms with E-state index in [0.29, 0.717) is 70.7 Å². The number of rotatable bonds is 12. The van der Waals surface area contributed by atoms with Crippen molar-refractivity contribution < 1.29 is 108 Å². The number of aromatic nitrogens is 4. The Kier molecular flexibility index (Phi) is 33.9. The molecule has 14 aromatic rings. The van der Waals surface area contributed by atoms with Crippen molar-refractivity contribution in [1.82, 2.24) is 19.9 Å². The van der Waals surface area contributed by atoms with Crippen LogP contribution in [-0.2, 0) is 93.3 Å². The third-order valence-corrected chi connectivity index (χ3v) is 14.2. The van der Waals surface area contributed by atoms with Gasteiger partial charge in [-0.1, -0.05) is 243 Å². The van der Waals surface area contributed by atoms with Gasteiger partial charge < -0.3 is 40.9 Å². The quantitative estimate of drug-likeness (QED) is 0.0815. The van der Waals surface area contributed by atoms with Crippen LogP contribution in [0.25, 0.3) is 43.6 Å². The predicted octanol–water partition coefficient (Wildman–Crippen LogP) is 11.4. The van der Waals surface area contributed by atoms with Crippen LogP contribution in [0, 0.1) is 0 Å². The number of hydrogen-bond acceptors (Lipinski definition) is 16. The smallest absolute Gasteiger partial charge is 0.872 e. The Morgan fingerprint density at radius 3 is 0.580 bits per heavy atom. The second-order valence-corrected chi connectivity index (χ2v) is 20.9. The molecule has 4 radical (unpaired) electrons. The summed E-state index contributed by atoms with van der Waals surface area (Å²) in [6, 6.07) is 77.9. The molecule has 504 valence electrons. The first-order valence-corrected chi connectivity index (χ1v) is 30.2. The fraction of sp³-hybridized carbons (Fsp3) is 0.0500. The van der Waals surface area contributed by atoms with Gasteiger partial charge in [0.2, 0.25) is 0 Å². The summed E-state index contributed by atoms with van der Waals surface area (Å²) in [5.74, 6) is -0.364. The second-order valence-electron chi connectivity index (χ2n) is 20.9. The number of benzene rings is 10. The van der Waals surface area contributed by atoms with Gasteiger partial charge in [-0.05, 0) is 68.8 Å². The average Bonchev–Trinajstić information content (AvgIpc) is 0.805. The van der Waals surface area contributed by atoms with Gasteiger partial charge in [-0.2, -0.15) is 0 Å². The molecule has 0 amide bonds. The summed E-state index contributed by atoms with van der Waals surface area (Å²) in [4.78, 5) is 33.8. The van der Waals surface area contributed by atoms with Crippen molar-refractivity contribution in [2.45, 2.75) is 26.2 Å². The van der Waals surface area contributed by atoms with Crippen molar-refractivity contribution in [2.75, 3.05) is 0 Å². The third-order valence-electron chi connectivity index (χ3n) is 14.2. The molecule has 4 heterocycles. The number of aliphatic imine (C=N–C) groups is 4. The van der Waals surface area contributed by atoms with Crippen LogP contribution in [0.4, 0.5) is 0 Å². The molecule has 0 fully saturated rings. The Morgan fingerprint density at radius 2 is 0.390 bits per heavy atom. The van der Waals surface area contributed by atoms with Gasteiger partial charge in [-0.3, -0.25) is 39.9 Å². The summed E-state index contributed by atoms with van der Waals surface area (Å²) in [5.41, 5.74) is 8.59. The molecular weight excluding hydrogens is 1440 g/mol. The van der Waals surface area contributed by atoms with Crippen LogP contribution < -0.4 is 40.9 Å². The molecule has 0 saturated heterocycles. The largest absolute Gasteiger partial charge is 2.00 e. The van der Waals surface area contributed by atoms with Gasteiger partial charge in [0, 0.05) is 71.2 Å². The fourth-order valence-corrected chi connectivity index (χ4v) is 9.22. The van der Waals surface area contributed by atoms with Crippen LogP contribution >= 0.6 is 0 Å². The van der Waals surface area contributed by atoms with Crippen LogP contribution in [-0.4, -0.2) is 44.8 Å². The zero-order valence-corrected chi connectivity index (χ0v) is 57.2. The van der Waals surface area contributed by atoms with E-state index < -0.39 is 0 Å². The molecule has 0 aliphatic heterocycles. The van der Waals surface area contributed by atoms with Gasteiger partial charge in [-0.15, -0.1) is 46.0 Å². The molecule has 0 aliphatic carbocycles. The van der Waals surface area contributed by atoms with E-state index in [-0.39, 0.29) is 113 Å². The van der Waals surface area contributed by atoms with Gasteiger partial charge in [0.05, 0.1) is 48.2 Å². The Bertz CT molecular complexity index is 4350. The molecule has 0 unspecified atom stereocenters. The number of fused-ring (bicyclic) bond motifs is 6. The molecule has 0 saturated carbocycles. The Morgan fingerprint density at radius 1 is 0.210 bits per heavy atom. The summed E-state index contributed by atoms with van der Waals surface area (Å²) < 4.78 is 0. The molecule has 0 N–H and O–H groups in total. The molecule has 4 aromatic heterocycles. The third kappa shape index (κ3) is 24.2. The van der Waals surface area contributed by atoms with Crippen LogP contribution in [0.1, 0.15) is 44.5 Å². The van der Waals surface area contributed by atoms with E-state index in [9.17, 15) is 40.9 Å². The Balaban J connectivity index is 0.000000215. The zero-order chi connectivity index (χ0) is 67.1. The minimum Gasteiger partial charge on any atom is -0.872 e. The molecule has 0 spiro atoms. The van der Waals surface area contributed by atoms with Crippen molar-refractivity contribution >= 4 is 68.5 Å². The maximum Gasteiger partial charge on any atom is 2.00 e. The normalized spacial score (nSPS) is 10.4. The van der Waals surface area contributed by atoms with E-state index in [0.717, 1.165) is 43.6 Å². The first kappa shape index (κ1) is 79.6. The summed E-state index contributed by atoms with van der Waals surface area (Å²) >= 11 is 0. The van der Waals surface area contributed by atoms with Gasteiger partial charge in [0.1, 0.15) is 0 Å². The van der Waals surface area contributed by atoms with Crippen LogP contribution in [0.3, 0.4) is 0 Å². The molecule has 0 bridgehead atoms. The molecule has 0 aliphatic rings. The fourth-order valence-electron chi connectivity index (χ4n) is 9.22. The van der Waals surface area contributed by atoms with E-state index in [1.54, 1.807) is 170 Å². The van der Waals surface area contributed by atoms with Crippen molar-refractivity contribution in [3.8, 4) is 46.0 Å². The SMILES string of the molecule is [Co+2].[Co+2].[Co+2].[Co+2].[O-]c1ccccc1C=NCc1ccccc1[O-].[O-]c1ccccc1C=NCc1ccccc1[O-].[O-]c1ccccc1C=NCc1ccccc1[O-].[O-]c1ccccc1C=NCc1ccccc1[O-].c1cnc2c(c1)ccc1cccnc12.c1cnc2c(c1)ccc1cccnc12. The maximum atomic E-state index is 11.4. The topological polar surface area (TPSA) is 285 Å². The van der Waals surface area contributed by atoms with Gasteiger partial charge in [0.15, 0.2) is 0 Å². The van der Waals surface area contributed by atoms with Crippen LogP contribution in [0.5, 0.6) is 46.0 Å². The van der Waals surface area contributed by atoms with E-state index in [2.05, 4.69) is 88.4 Å². The number of nitrogens with zero attached hydrogens (tertiary/aromatic N) is 8. The minimum absolute atomic E-state index is 0. The van der Waals surface area contributed by atoms with Crippen molar-refractivity contribution in [1.29, 1.82) is 0 Å². The summed E-state index contributed by atoms with van der Waals surface area (Å²) in [5, 5.41) is 95.6. The average molecular weight is 1500 g/mol. The molecule has 10 aromatic carbocycles. The van der Waals surface area contributed by atoms with Gasteiger partial charge in [0.25, 0.3) is 0 Å². The number of hydrogen-bond donors (Lipinski definition) is 0. The van der Waals surface area contributed by atoms with E-state index in [4.69, 9.17) is 0 Å². The van der Waals surface area contributed by atoms with Gasteiger partial charge >= 0.3 is 67.1 Å². The number of pyridine rings is 4. The van der Waals surface area contributed by atoms with Crippen molar-refractivity contribution in [3.05, 3.63) is 336 Å². The first-order valence-electron chi connectivity index (χ1n) is 30.2. The summed E-state index contributed by atoms with van der Waals surface area (Å²) in [6.07, 6.45) is 13.2.